The van der Waals surface area contributed by atoms with Crippen LogP contribution in [0, 0.1) is 0 Å². The Morgan fingerprint density at radius 1 is 1.03 bits per heavy atom. The van der Waals surface area contributed by atoms with Gasteiger partial charge in [0.1, 0.15) is 0 Å². The Morgan fingerprint density at radius 3 is 2.50 bits per heavy atom. The van der Waals surface area contributed by atoms with Crippen molar-refractivity contribution in [3.8, 4) is 11.1 Å². The first-order chi connectivity index (χ1) is 14.6. The molecule has 0 saturated heterocycles. The SMILES string of the molecule is NC(=O)c1ccc(-c2ccccc2Cc2ccncc2)cc1NC1CCC(O)CC1. The minimum Gasteiger partial charge on any atom is -0.393 e. The Bertz CT molecular complexity index is 1010. The van der Waals surface area contributed by atoms with Gasteiger partial charge >= 0.3 is 0 Å². The molecule has 3 aromatic rings. The summed E-state index contributed by atoms with van der Waals surface area (Å²) in [6.45, 7) is 0. The lowest BCUT2D eigenvalue weighted by atomic mass is 9.91. The third-order valence-electron chi connectivity index (χ3n) is 5.81. The van der Waals surface area contributed by atoms with Crippen LogP contribution in [0.2, 0.25) is 0 Å². The Kier molecular flexibility index (Phi) is 6.10. The number of nitrogens with two attached hydrogens (primary N) is 1. The van der Waals surface area contributed by atoms with Crippen molar-refractivity contribution < 1.29 is 9.90 Å². The van der Waals surface area contributed by atoms with Gasteiger partial charge in [-0.2, -0.15) is 0 Å². The lowest BCUT2D eigenvalue weighted by Crippen LogP contribution is -2.29. The molecule has 0 atom stereocenters. The van der Waals surface area contributed by atoms with Crippen LogP contribution in [0.4, 0.5) is 5.69 Å². The van der Waals surface area contributed by atoms with Crippen LogP contribution < -0.4 is 11.1 Å². The van der Waals surface area contributed by atoms with Gasteiger partial charge in [0.05, 0.1) is 11.7 Å². The fourth-order valence-electron chi connectivity index (χ4n) is 4.16. The average molecular weight is 402 g/mol. The maximum absolute atomic E-state index is 12.0. The maximum atomic E-state index is 12.0. The Morgan fingerprint density at radius 2 is 1.77 bits per heavy atom. The number of rotatable bonds is 6. The topological polar surface area (TPSA) is 88.2 Å². The first kappa shape index (κ1) is 20.1. The summed E-state index contributed by atoms with van der Waals surface area (Å²) in [6.07, 6.45) is 7.51. The maximum Gasteiger partial charge on any atom is 0.250 e. The molecule has 1 aliphatic carbocycles. The van der Waals surface area contributed by atoms with Crippen molar-refractivity contribution in [2.75, 3.05) is 5.32 Å². The second kappa shape index (κ2) is 9.09. The van der Waals surface area contributed by atoms with E-state index in [1.807, 2.05) is 48.8 Å². The van der Waals surface area contributed by atoms with Gasteiger partial charge in [-0.15, -0.1) is 0 Å². The zero-order valence-electron chi connectivity index (χ0n) is 16.9. The van der Waals surface area contributed by atoms with E-state index in [1.165, 1.54) is 11.1 Å². The molecule has 1 amide bonds. The molecule has 5 nitrogen and oxygen atoms in total. The molecule has 1 saturated carbocycles. The van der Waals surface area contributed by atoms with Crippen molar-refractivity contribution in [2.24, 2.45) is 5.73 Å². The molecule has 1 fully saturated rings. The van der Waals surface area contributed by atoms with E-state index in [0.29, 0.717) is 5.56 Å². The summed E-state index contributed by atoms with van der Waals surface area (Å²) in [7, 11) is 0. The van der Waals surface area contributed by atoms with Crippen LogP contribution >= 0.6 is 0 Å². The van der Waals surface area contributed by atoms with Gasteiger partial charge < -0.3 is 16.2 Å². The molecule has 2 aromatic carbocycles. The summed E-state index contributed by atoms with van der Waals surface area (Å²) in [6, 6.07) is 18.4. The number of aliphatic hydroxyl groups is 1. The molecule has 0 aliphatic heterocycles. The zero-order chi connectivity index (χ0) is 20.9. The average Bonchev–Trinajstić information content (AvgIpc) is 2.76. The second-order valence-electron chi connectivity index (χ2n) is 7.96. The van der Waals surface area contributed by atoms with Crippen LogP contribution in [0.15, 0.2) is 67.0 Å². The number of aliphatic hydroxyl groups excluding tert-OH is 1. The van der Waals surface area contributed by atoms with Gasteiger partial charge in [0, 0.05) is 24.1 Å². The van der Waals surface area contributed by atoms with Gasteiger partial charge in [-0.1, -0.05) is 30.3 Å². The predicted octanol–water partition coefficient (Wildman–Crippen LogP) is 4.15. The van der Waals surface area contributed by atoms with Crippen molar-refractivity contribution >= 4 is 11.6 Å². The summed E-state index contributed by atoms with van der Waals surface area (Å²) in [5, 5.41) is 13.3. The van der Waals surface area contributed by atoms with Crippen molar-refractivity contribution in [3.63, 3.8) is 0 Å². The fraction of sp³-hybridized carbons (Fsp3) is 0.280. The minimum atomic E-state index is -0.440. The van der Waals surface area contributed by atoms with Gasteiger partial charge in [0.15, 0.2) is 0 Å². The molecule has 0 radical (unpaired) electrons. The van der Waals surface area contributed by atoms with Crippen LogP contribution in [0.25, 0.3) is 11.1 Å². The molecule has 0 unspecified atom stereocenters. The predicted molar refractivity (Wildman–Crippen MR) is 119 cm³/mol. The summed E-state index contributed by atoms with van der Waals surface area (Å²) >= 11 is 0. The van der Waals surface area contributed by atoms with E-state index in [2.05, 4.69) is 22.4 Å². The number of hydrogen-bond donors (Lipinski definition) is 3. The van der Waals surface area contributed by atoms with Crippen LogP contribution in [0.3, 0.4) is 0 Å². The third kappa shape index (κ3) is 4.69. The zero-order valence-corrected chi connectivity index (χ0v) is 16.9. The first-order valence-electron chi connectivity index (χ1n) is 10.5. The van der Waals surface area contributed by atoms with Crippen molar-refractivity contribution in [2.45, 2.75) is 44.2 Å². The Balaban J connectivity index is 1.66. The van der Waals surface area contributed by atoms with E-state index < -0.39 is 5.91 Å². The molecule has 4 N–H and O–H groups in total. The second-order valence-corrected chi connectivity index (χ2v) is 7.96. The molecular formula is C25H27N3O2. The van der Waals surface area contributed by atoms with Crippen LogP contribution in [0.5, 0.6) is 0 Å². The summed E-state index contributed by atoms with van der Waals surface area (Å²) in [5.74, 6) is -0.440. The number of benzene rings is 2. The van der Waals surface area contributed by atoms with Gasteiger partial charge in [0.25, 0.3) is 5.91 Å². The number of nitrogens with one attached hydrogen (secondary N) is 1. The van der Waals surface area contributed by atoms with E-state index in [0.717, 1.165) is 48.9 Å². The highest BCUT2D eigenvalue weighted by atomic mass is 16.3. The lowest BCUT2D eigenvalue weighted by molar-refractivity contribution is 0.100. The lowest BCUT2D eigenvalue weighted by Gasteiger charge is -2.28. The number of pyridine rings is 1. The molecule has 0 spiro atoms. The highest BCUT2D eigenvalue weighted by molar-refractivity contribution is 5.99. The normalized spacial score (nSPS) is 18.7. The number of aromatic nitrogens is 1. The molecule has 5 heteroatoms. The number of carbonyl (C=O) groups is 1. The largest absolute Gasteiger partial charge is 0.393 e. The van der Waals surface area contributed by atoms with Crippen LogP contribution in [-0.2, 0) is 6.42 Å². The molecule has 1 heterocycles. The van der Waals surface area contributed by atoms with Crippen LogP contribution in [0.1, 0.15) is 47.2 Å². The standard InChI is InChI=1S/C25H27N3O2/c26-25(30)23-10-5-19(16-24(23)28-20-6-8-21(29)9-7-20)22-4-2-1-3-18(22)15-17-11-13-27-14-12-17/h1-5,10-14,16,20-21,28-29H,6-9,15H2,(H2,26,30). The molecule has 1 aromatic heterocycles. The van der Waals surface area contributed by atoms with Crippen molar-refractivity contribution in [1.29, 1.82) is 0 Å². The van der Waals surface area contributed by atoms with E-state index in [-0.39, 0.29) is 12.1 Å². The summed E-state index contributed by atoms with van der Waals surface area (Å²) in [4.78, 5) is 16.1. The van der Waals surface area contributed by atoms with Gasteiger partial charge in [0.2, 0.25) is 0 Å². The number of amides is 1. The monoisotopic (exact) mass is 401 g/mol. The van der Waals surface area contributed by atoms with Crippen molar-refractivity contribution in [3.05, 3.63) is 83.7 Å². The number of carbonyl (C=O) groups excluding carboxylic acids is 1. The fourth-order valence-corrected chi connectivity index (χ4v) is 4.16. The Hall–Kier alpha value is -3.18. The number of nitrogens with zero attached hydrogens (tertiary/aromatic N) is 1. The van der Waals surface area contributed by atoms with E-state index in [4.69, 9.17) is 5.73 Å². The van der Waals surface area contributed by atoms with E-state index >= 15 is 0 Å². The molecule has 4 rings (SSSR count). The molecule has 30 heavy (non-hydrogen) atoms. The van der Waals surface area contributed by atoms with Gasteiger partial charge in [-0.25, -0.2) is 0 Å². The third-order valence-corrected chi connectivity index (χ3v) is 5.81. The van der Waals surface area contributed by atoms with Crippen LogP contribution in [-0.4, -0.2) is 28.1 Å². The highest BCUT2D eigenvalue weighted by Crippen LogP contribution is 2.31. The number of anilines is 1. The smallest absolute Gasteiger partial charge is 0.250 e. The first-order valence-corrected chi connectivity index (χ1v) is 10.5. The molecular weight excluding hydrogens is 374 g/mol. The summed E-state index contributed by atoms with van der Waals surface area (Å²) in [5.41, 5.74) is 11.5. The van der Waals surface area contributed by atoms with Gasteiger partial charge in [-0.3, -0.25) is 9.78 Å². The molecule has 154 valence electrons. The Labute approximate surface area is 177 Å². The number of hydrogen-bond acceptors (Lipinski definition) is 4. The van der Waals surface area contributed by atoms with E-state index in [1.54, 1.807) is 6.07 Å². The molecule has 1 aliphatic rings. The molecule has 0 bridgehead atoms. The minimum absolute atomic E-state index is 0.218. The van der Waals surface area contributed by atoms with Gasteiger partial charge in [-0.05, 0) is 78.6 Å². The van der Waals surface area contributed by atoms with E-state index in [9.17, 15) is 9.90 Å². The quantitative estimate of drug-likeness (QED) is 0.579. The number of primary amides is 1. The summed E-state index contributed by atoms with van der Waals surface area (Å²) < 4.78 is 0. The highest BCUT2D eigenvalue weighted by Gasteiger charge is 2.21. The van der Waals surface area contributed by atoms with Crippen molar-refractivity contribution in [1.82, 2.24) is 4.98 Å².